The first kappa shape index (κ1) is 14.2. The molecular formula is C16H20FN3O. The molecule has 21 heavy (non-hydrogen) atoms. The largest absolute Gasteiger partial charge is 0.360 e. The molecule has 1 N–H and O–H groups in total. The maximum absolute atomic E-state index is 13.4. The van der Waals surface area contributed by atoms with Gasteiger partial charge in [-0.15, -0.1) is 0 Å². The number of Topliss-reactive ketones (excluding diaryl/α,β-unsaturated/α-hetero) is 1. The lowest BCUT2D eigenvalue weighted by Gasteiger charge is -2.33. The quantitative estimate of drug-likeness (QED) is 0.876. The van der Waals surface area contributed by atoms with E-state index in [2.05, 4.69) is 21.7 Å². The predicted molar refractivity (Wildman–Crippen MR) is 81.1 cm³/mol. The number of H-pyrrole nitrogens is 1. The first-order chi connectivity index (χ1) is 10.2. The van der Waals surface area contributed by atoms with Gasteiger partial charge in [0.25, 0.3) is 0 Å². The standard InChI is InChI=1S/C16H20FN3O/c1-2-19-5-7-20(8-6-19)11-16(21)14-10-18-15-4-3-12(17)9-13(14)15/h3-4,9-10,18H,2,5-8,11H2,1H3. The normalized spacial score (nSPS) is 17.4. The molecule has 2 aromatic rings. The average Bonchev–Trinajstić information content (AvgIpc) is 2.91. The van der Waals surface area contributed by atoms with Crippen molar-refractivity contribution in [3.63, 3.8) is 0 Å². The van der Waals surface area contributed by atoms with E-state index in [-0.39, 0.29) is 11.6 Å². The fourth-order valence-electron chi connectivity index (χ4n) is 2.88. The number of carbonyl (C=O) groups is 1. The number of aromatic amines is 1. The highest BCUT2D eigenvalue weighted by Gasteiger charge is 2.20. The van der Waals surface area contributed by atoms with Gasteiger partial charge in [0.2, 0.25) is 0 Å². The lowest BCUT2D eigenvalue weighted by atomic mass is 10.1. The van der Waals surface area contributed by atoms with Crippen LogP contribution in [0.5, 0.6) is 0 Å². The van der Waals surface area contributed by atoms with E-state index in [0.717, 1.165) is 38.2 Å². The minimum atomic E-state index is -0.312. The Morgan fingerprint density at radius 1 is 1.24 bits per heavy atom. The predicted octanol–water partition coefficient (Wildman–Crippen LogP) is 2.13. The number of rotatable bonds is 4. The molecule has 1 saturated heterocycles. The van der Waals surface area contributed by atoms with Crippen LogP contribution >= 0.6 is 0 Å². The molecule has 0 aliphatic carbocycles. The number of piperazine rings is 1. The van der Waals surface area contributed by atoms with Gasteiger partial charge >= 0.3 is 0 Å². The van der Waals surface area contributed by atoms with Crippen molar-refractivity contribution >= 4 is 16.7 Å². The molecule has 0 radical (unpaired) electrons. The SMILES string of the molecule is CCN1CCN(CC(=O)c2c[nH]c3ccc(F)cc23)CC1. The van der Waals surface area contributed by atoms with Gasteiger partial charge < -0.3 is 9.88 Å². The van der Waals surface area contributed by atoms with Crippen LogP contribution in [0, 0.1) is 5.82 Å². The number of benzene rings is 1. The van der Waals surface area contributed by atoms with Gasteiger partial charge in [0, 0.05) is 48.8 Å². The Hall–Kier alpha value is -1.72. The monoisotopic (exact) mass is 289 g/mol. The molecule has 5 heteroatoms. The first-order valence-electron chi connectivity index (χ1n) is 7.42. The van der Waals surface area contributed by atoms with Crippen molar-refractivity contribution in [2.24, 2.45) is 0 Å². The Bertz CT molecular complexity index is 644. The number of fused-ring (bicyclic) bond motifs is 1. The number of nitrogens with one attached hydrogen (secondary N) is 1. The van der Waals surface area contributed by atoms with Crippen LogP contribution in [0.2, 0.25) is 0 Å². The summed E-state index contributed by atoms with van der Waals surface area (Å²) in [6, 6.07) is 4.49. The number of hydrogen-bond acceptors (Lipinski definition) is 3. The van der Waals surface area contributed by atoms with Crippen molar-refractivity contribution in [3.8, 4) is 0 Å². The minimum Gasteiger partial charge on any atom is -0.360 e. The van der Waals surface area contributed by atoms with Gasteiger partial charge in [-0.2, -0.15) is 0 Å². The second kappa shape index (κ2) is 5.95. The van der Waals surface area contributed by atoms with Crippen LogP contribution in [-0.4, -0.2) is 59.8 Å². The number of hydrogen-bond donors (Lipinski definition) is 1. The van der Waals surface area contributed by atoms with Gasteiger partial charge in [0.1, 0.15) is 5.82 Å². The van der Waals surface area contributed by atoms with Gasteiger partial charge in [0.15, 0.2) is 5.78 Å². The van der Waals surface area contributed by atoms with Crippen LogP contribution in [0.4, 0.5) is 4.39 Å². The summed E-state index contributed by atoms with van der Waals surface area (Å²) < 4.78 is 13.4. The summed E-state index contributed by atoms with van der Waals surface area (Å²) in [4.78, 5) is 20.0. The Kier molecular flexibility index (Phi) is 4.03. The molecule has 1 aromatic heterocycles. The number of likely N-dealkylation sites (N-methyl/N-ethyl adjacent to an activating group) is 1. The van der Waals surface area contributed by atoms with Crippen LogP contribution in [-0.2, 0) is 0 Å². The lowest BCUT2D eigenvalue weighted by Crippen LogP contribution is -2.47. The number of aromatic nitrogens is 1. The molecule has 4 nitrogen and oxygen atoms in total. The van der Waals surface area contributed by atoms with Crippen LogP contribution in [0.15, 0.2) is 24.4 Å². The zero-order valence-electron chi connectivity index (χ0n) is 12.2. The van der Waals surface area contributed by atoms with Gasteiger partial charge in [0.05, 0.1) is 6.54 Å². The summed E-state index contributed by atoms with van der Waals surface area (Å²) in [7, 11) is 0. The number of carbonyl (C=O) groups excluding carboxylic acids is 1. The van der Waals surface area contributed by atoms with Crippen LogP contribution in [0.3, 0.4) is 0 Å². The number of nitrogens with zero attached hydrogens (tertiary/aromatic N) is 2. The van der Waals surface area contributed by atoms with E-state index in [9.17, 15) is 9.18 Å². The molecule has 112 valence electrons. The van der Waals surface area contributed by atoms with E-state index in [1.807, 2.05) is 0 Å². The fourth-order valence-corrected chi connectivity index (χ4v) is 2.88. The van der Waals surface area contributed by atoms with Crippen LogP contribution in [0.25, 0.3) is 10.9 Å². The Balaban J connectivity index is 1.71. The average molecular weight is 289 g/mol. The maximum Gasteiger partial charge on any atom is 0.178 e. The smallest absolute Gasteiger partial charge is 0.178 e. The van der Waals surface area contributed by atoms with E-state index >= 15 is 0 Å². The van der Waals surface area contributed by atoms with E-state index in [1.165, 1.54) is 12.1 Å². The van der Waals surface area contributed by atoms with Crippen molar-refractivity contribution in [2.75, 3.05) is 39.3 Å². The summed E-state index contributed by atoms with van der Waals surface area (Å²) >= 11 is 0. The molecule has 1 aliphatic rings. The second-order valence-corrected chi connectivity index (χ2v) is 5.53. The van der Waals surface area contributed by atoms with Crippen molar-refractivity contribution in [1.29, 1.82) is 0 Å². The highest BCUT2D eigenvalue weighted by Crippen LogP contribution is 2.20. The topological polar surface area (TPSA) is 39.3 Å². The zero-order valence-corrected chi connectivity index (χ0v) is 12.2. The molecule has 0 bridgehead atoms. The highest BCUT2D eigenvalue weighted by atomic mass is 19.1. The molecule has 0 amide bonds. The van der Waals surface area contributed by atoms with E-state index in [1.54, 1.807) is 12.3 Å². The Morgan fingerprint density at radius 2 is 1.95 bits per heavy atom. The molecule has 0 spiro atoms. The van der Waals surface area contributed by atoms with Crippen LogP contribution < -0.4 is 0 Å². The van der Waals surface area contributed by atoms with Crippen molar-refractivity contribution in [1.82, 2.24) is 14.8 Å². The van der Waals surface area contributed by atoms with Gasteiger partial charge in [-0.25, -0.2) is 4.39 Å². The Morgan fingerprint density at radius 3 is 2.67 bits per heavy atom. The van der Waals surface area contributed by atoms with Gasteiger partial charge in [-0.3, -0.25) is 9.69 Å². The number of ketones is 1. The summed E-state index contributed by atoms with van der Waals surface area (Å²) in [6.45, 7) is 7.46. The van der Waals surface area contributed by atoms with Crippen molar-refractivity contribution in [3.05, 3.63) is 35.8 Å². The molecule has 2 heterocycles. The third kappa shape index (κ3) is 2.99. The molecule has 0 unspecified atom stereocenters. The molecule has 1 aromatic carbocycles. The third-order valence-corrected chi connectivity index (χ3v) is 4.22. The third-order valence-electron chi connectivity index (χ3n) is 4.22. The first-order valence-corrected chi connectivity index (χ1v) is 7.42. The van der Waals surface area contributed by atoms with Crippen LogP contribution in [0.1, 0.15) is 17.3 Å². The van der Waals surface area contributed by atoms with E-state index in [0.29, 0.717) is 17.5 Å². The summed E-state index contributed by atoms with van der Waals surface area (Å²) in [5.74, 6) is -0.260. The summed E-state index contributed by atoms with van der Waals surface area (Å²) in [5.41, 5.74) is 1.39. The van der Waals surface area contributed by atoms with E-state index < -0.39 is 0 Å². The Labute approximate surface area is 123 Å². The molecule has 1 aliphatic heterocycles. The second-order valence-electron chi connectivity index (χ2n) is 5.53. The highest BCUT2D eigenvalue weighted by molar-refractivity contribution is 6.08. The summed E-state index contributed by atoms with van der Waals surface area (Å²) in [5, 5.41) is 0.673. The van der Waals surface area contributed by atoms with E-state index in [4.69, 9.17) is 0 Å². The van der Waals surface area contributed by atoms with Gasteiger partial charge in [-0.1, -0.05) is 6.92 Å². The zero-order chi connectivity index (χ0) is 14.8. The van der Waals surface area contributed by atoms with Crippen molar-refractivity contribution < 1.29 is 9.18 Å². The molecule has 1 fully saturated rings. The maximum atomic E-state index is 13.4. The molecule has 3 rings (SSSR count). The van der Waals surface area contributed by atoms with Crippen molar-refractivity contribution in [2.45, 2.75) is 6.92 Å². The molecular weight excluding hydrogens is 269 g/mol. The minimum absolute atomic E-state index is 0.0526. The lowest BCUT2D eigenvalue weighted by molar-refractivity contribution is 0.0860. The molecule has 0 atom stereocenters. The molecule has 0 saturated carbocycles. The summed E-state index contributed by atoms with van der Waals surface area (Å²) in [6.07, 6.45) is 1.69. The number of halogens is 1. The fraction of sp³-hybridized carbons (Fsp3) is 0.438. The van der Waals surface area contributed by atoms with Gasteiger partial charge in [-0.05, 0) is 24.7 Å².